The number of ether oxygens (including phenoxy) is 1. The molecule has 0 aliphatic carbocycles. The van der Waals surface area contributed by atoms with E-state index in [-0.39, 0.29) is 0 Å². The molecule has 1 aromatic rings. The van der Waals surface area contributed by atoms with E-state index in [0.29, 0.717) is 11.3 Å². The van der Waals surface area contributed by atoms with Crippen LogP contribution in [0.2, 0.25) is 0 Å². The highest BCUT2D eigenvalue weighted by atomic mass is 35.5. The summed E-state index contributed by atoms with van der Waals surface area (Å²) in [6.07, 6.45) is 3.22. The lowest BCUT2D eigenvalue weighted by molar-refractivity contribution is 0.0581. The van der Waals surface area contributed by atoms with E-state index >= 15 is 0 Å². The number of rotatable bonds is 3. The van der Waals surface area contributed by atoms with E-state index in [1.807, 2.05) is 11.3 Å². The zero-order chi connectivity index (χ0) is 10.7. The minimum absolute atomic E-state index is 0.297. The van der Waals surface area contributed by atoms with Crippen LogP contribution in [0.4, 0.5) is 0 Å². The first-order valence-corrected chi connectivity index (χ1v) is 6.84. The predicted molar refractivity (Wildman–Crippen MR) is 66.0 cm³/mol. The molecule has 0 bridgehead atoms. The third-order valence-electron chi connectivity index (χ3n) is 2.91. The molecular weight excluding hydrogens is 228 g/mol. The Balaban J connectivity index is 1.95. The Hall–Kier alpha value is -0.0500. The van der Waals surface area contributed by atoms with Crippen molar-refractivity contribution < 1.29 is 4.74 Å². The summed E-state index contributed by atoms with van der Waals surface area (Å²) in [6.45, 7) is 3.85. The van der Waals surface area contributed by atoms with Gasteiger partial charge in [-0.15, -0.1) is 22.9 Å². The van der Waals surface area contributed by atoms with E-state index in [0.717, 1.165) is 32.5 Å². The zero-order valence-electron chi connectivity index (χ0n) is 9.04. The van der Waals surface area contributed by atoms with Gasteiger partial charge in [-0.1, -0.05) is 6.92 Å². The average Bonchev–Trinajstić information content (AvgIpc) is 2.69. The highest BCUT2D eigenvalue weighted by Gasteiger charge is 2.24. The lowest BCUT2D eigenvalue weighted by atomic mass is 9.97. The van der Waals surface area contributed by atoms with Gasteiger partial charge in [0.25, 0.3) is 0 Å². The lowest BCUT2D eigenvalue weighted by Gasteiger charge is -2.26. The highest BCUT2D eigenvalue weighted by Crippen LogP contribution is 2.27. The van der Waals surface area contributed by atoms with Crippen LogP contribution in [0, 0.1) is 5.92 Å². The molecule has 0 spiro atoms. The third-order valence-corrected chi connectivity index (χ3v) is 4.74. The van der Waals surface area contributed by atoms with Crippen molar-refractivity contribution in [3.05, 3.63) is 21.9 Å². The second kappa shape index (κ2) is 5.33. The molecule has 2 atom stereocenters. The van der Waals surface area contributed by atoms with Crippen LogP contribution in [0.25, 0.3) is 0 Å². The summed E-state index contributed by atoms with van der Waals surface area (Å²) in [5.41, 5.74) is 0. The van der Waals surface area contributed by atoms with Gasteiger partial charge in [-0.2, -0.15) is 0 Å². The minimum atomic E-state index is 0.297. The van der Waals surface area contributed by atoms with E-state index in [4.69, 9.17) is 16.3 Å². The summed E-state index contributed by atoms with van der Waals surface area (Å²) in [4.78, 5) is 2.92. The van der Waals surface area contributed by atoms with Crippen molar-refractivity contribution in [1.82, 2.24) is 0 Å². The molecule has 15 heavy (non-hydrogen) atoms. The SMILES string of the molecule is CCc1ccc(CC2COCCC2Cl)s1. The van der Waals surface area contributed by atoms with Crippen molar-refractivity contribution in [3.8, 4) is 0 Å². The molecule has 1 aromatic heterocycles. The van der Waals surface area contributed by atoms with Gasteiger partial charge in [0.05, 0.1) is 6.61 Å². The first-order valence-electron chi connectivity index (χ1n) is 5.59. The van der Waals surface area contributed by atoms with Crippen molar-refractivity contribution in [3.63, 3.8) is 0 Å². The van der Waals surface area contributed by atoms with Crippen LogP contribution in [-0.4, -0.2) is 18.6 Å². The predicted octanol–water partition coefficient (Wildman–Crippen LogP) is 3.50. The van der Waals surface area contributed by atoms with Crippen molar-refractivity contribution in [2.24, 2.45) is 5.92 Å². The first kappa shape index (κ1) is 11.4. The lowest BCUT2D eigenvalue weighted by Crippen LogP contribution is -2.29. The van der Waals surface area contributed by atoms with E-state index in [1.54, 1.807) is 0 Å². The van der Waals surface area contributed by atoms with Crippen molar-refractivity contribution >= 4 is 22.9 Å². The van der Waals surface area contributed by atoms with Crippen molar-refractivity contribution in [2.45, 2.75) is 31.6 Å². The molecule has 1 aliphatic rings. The molecule has 84 valence electrons. The molecule has 1 nitrogen and oxygen atoms in total. The molecular formula is C12H17ClOS. The Labute approximate surface area is 100 Å². The second-order valence-electron chi connectivity index (χ2n) is 4.07. The number of thiophene rings is 1. The summed E-state index contributed by atoms with van der Waals surface area (Å²) >= 11 is 8.21. The fourth-order valence-electron chi connectivity index (χ4n) is 1.94. The Kier molecular flexibility index (Phi) is 4.06. The standard InChI is InChI=1S/C12H17ClOS/c1-2-10-3-4-11(15-10)7-9-8-14-6-5-12(9)13/h3-4,9,12H,2,5-8H2,1H3. The first-order chi connectivity index (χ1) is 7.29. The average molecular weight is 245 g/mol. The number of hydrogen-bond donors (Lipinski definition) is 0. The number of halogens is 1. The van der Waals surface area contributed by atoms with Gasteiger partial charge in [0.2, 0.25) is 0 Å². The molecule has 3 heteroatoms. The van der Waals surface area contributed by atoms with Gasteiger partial charge in [-0.3, -0.25) is 0 Å². The van der Waals surface area contributed by atoms with E-state index in [1.165, 1.54) is 9.75 Å². The molecule has 2 rings (SSSR count). The van der Waals surface area contributed by atoms with Crippen LogP contribution in [-0.2, 0) is 17.6 Å². The molecule has 2 heterocycles. The Morgan fingerprint density at radius 3 is 2.93 bits per heavy atom. The van der Waals surface area contributed by atoms with Crippen LogP contribution < -0.4 is 0 Å². The van der Waals surface area contributed by atoms with Crippen LogP contribution in [0.3, 0.4) is 0 Å². The smallest absolute Gasteiger partial charge is 0.0511 e. The van der Waals surface area contributed by atoms with Crippen molar-refractivity contribution in [2.75, 3.05) is 13.2 Å². The molecule has 1 aliphatic heterocycles. The monoisotopic (exact) mass is 244 g/mol. The molecule has 0 aromatic carbocycles. The zero-order valence-corrected chi connectivity index (χ0v) is 10.6. The van der Waals surface area contributed by atoms with Crippen LogP contribution in [0.15, 0.2) is 12.1 Å². The number of hydrogen-bond acceptors (Lipinski definition) is 2. The summed E-state index contributed by atoms with van der Waals surface area (Å²) in [6, 6.07) is 4.47. The maximum Gasteiger partial charge on any atom is 0.0511 e. The molecule has 2 unspecified atom stereocenters. The quantitative estimate of drug-likeness (QED) is 0.740. The molecule has 1 fully saturated rings. The van der Waals surface area contributed by atoms with Crippen LogP contribution >= 0.6 is 22.9 Å². The van der Waals surface area contributed by atoms with E-state index in [2.05, 4.69) is 19.1 Å². The highest BCUT2D eigenvalue weighted by molar-refractivity contribution is 7.11. The third kappa shape index (κ3) is 2.96. The molecule has 0 amide bonds. The summed E-state index contributed by atoms with van der Waals surface area (Å²) < 4.78 is 5.48. The fourth-order valence-corrected chi connectivity index (χ4v) is 3.24. The second-order valence-corrected chi connectivity index (χ2v) is 5.88. The maximum absolute atomic E-state index is 6.30. The summed E-state index contributed by atoms with van der Waals surface area (Å²) in [5, 5.41) is 0.297. The fraction of sp³-hybridized carbons (Fsp3) is 0.667. The van der Waals surface area contributed by atoms with Crippen LogP contribution in [0.5, 0.6) is 0 Å². The van der Waals surface area contributed by atoms with Gasteiger partial charge in [0.1, 0.15) is 0 Å². The van der Waals surface area contributed by atoms with Gasteiger partial charge >= 0.3 is 0 Å². The minimum Gasteiger partial charge on any atom is -0.381 e. The van der Waals surface area contributed by atoms with Gasteiger partial charge in [0.15, 0.2) is 0 Å². The van der Waals surface area contributed by atoms with Gasteiger partial charge in [-0.05, 0) is 31.4 Å². The Morgan fingerprint density at radius 2 is 2.27 bits per heavy atom. The van der Waals surface area contributed by atoms with Gasteiger partial charge in [-0.25, -0.2) is 0 Å². The topological polar surface area (TPSA) is 9.23 Å². The molecule has 0 saturated carbocycles. The van der Waals surface area contributed by atoms with Gasteiger partial charge in [0, 0.05) is 27.7 Å². The summed E-state index contributed by atoms with van der Waals surface area (Å²) in [5.74, 6) is 0.503. The Morgan fingerprint density at radius 1 is 1.47 bits per heavy atom. The molecule has 0 radical (unpaired) electrons. The van der Waals surface area contributed by atoms with E-state index < -0.39 is 0 Å². The van der Waals surface area contributed by atoms with Crippen LogP contribution in [0.1, 0.15) is 23.1 Å². The molecule has 1 saturated heterocycles. The number of alkyl halides is 1. The van der Waals surface area contributed by atoms with Crippen molar-refractivity contribution in [1.29, 1.82) is 0 Å². The Bertz CT molecular complexity index is 310. The molecule has 0 N–H and O–H groups in total. The number of aryl methyl sites for hydroxylation is 1. The summed E-state index contributed by atoms with van der Waals surface area (Å²) in [7, 11) is 0. The van der Waals surface area contributed by atoms with Gasteiger partial charge < -0.3 is 4.74 Å². The maximum atomic E-state index is 6.30. The largest absolute Gasteiger partial charge is 0.381 e. The normalized spacial score (nSPS) is 26.8. The van der Waals surface area contributed by atoms with E-state index in [9.17, 15) is 0 Å².